The molecular weight excluding hydrogens is 737 g/mol. The highest BCUT2D eigenvalue weighted by molar-refractivity contribution is 5.87. The first kappa shape index (κ1) is 42.2. The number of likely N-dealkylation sites (tertiary alicyclic amines) is 1. The van der Waals surface area contributed by atoms with Crippen LogP contribution in [0.2, 0.25) is 0 Å². The van der Waals surface area contributed by atoms with E-state index in [1.165, 1.54) is 25.3 Å². The van der Waals surface area contributed by atoms with E-state index in [2.05, 4.69) is 76.9 Å². The monoisotopic (exact) mass is 796 g/mol. The molecule has 1 saturated heterocycles. The summed E-state index contributed by atoms with van der Waals surface area (Å²) < 4.78 is 9.59. The third kappa shape index (κ3) is 9.32. The molecule has 14 heteroatoms. The van der Waals surface area contributed by atoms with E-state index in [4.69, 9.17) is 19.4 Å². The number of H-pyrrole nitrogens is 2. The quantitative estimate of drug-likeness (QED) is 0.0952. The first-order chi connectivity index (χ1) is 27.7. The van der Waals surface area contributed by atoms with E-state index in [1.54, 1.807) is 0 Å². The number of aromatic nitrogens is 4. The SMILES string of the molecule is COC(=O)N[C@H](C(=O)N(CCC(C)C)[C@@H](C)c1nc2ccc([C@H]3C[C@@H]3c3ccc(-c4cnc([C@@H]5CCCN5C(=O)[C@@H](NC(=O)OC)C(C)C)[nH]4)cc3)cc2[nH]1)C(C)C. The lowest BCUT2D eigenvalue weighted by molar-refractivity contribution is -0.137. The van der Waals surface area contributed by atoms with Gasteiger partial charge in [-0.15, -0.1) is 0 Å². The summed E-state index contributed by atoms with van der Waals surface area (Å²) in [5, 5.41) is 5.44. The highest BCUT2D eigenvalue weighted by Crippen LogP contribution is 2.55. The Hall–Kier alpha value is -5.40. The minimum atomic E-state index is -0.724. The van der Waals surface area contributed by atoms with Crippen molar-refractivity contribution in [2.24, 2.45) is 17.8 Å². The zero-order valence-corrected chi connectivity index (χ0v) is 35.3. The molecule has 2 fully saturated rings. The number of carbonyl (C=O) groups excluding carboxylic acids is 4. The number of fused-ring (bicyclic) bond motifs is 1. The molecule has 0 radical (unpaired) electrons. The molecule has 3 heterocycles. The lowest BCUT2D eigenvalue weighted by Crippen LogP contribution is -2.52. The van der Waals surface area contributed by atoms with Crippen LogP contribution in [-0.4, -0.2) is 93.1 Å². The van der Waals surface area contributed by atoms with Gasteiger partial charge in [-0.2, -0.15) is 0 Å². The van der Waals surface area contributed by atoms with Crippen LogP contribution in [0.25, 0.3) is 22.3 Å². The predicted octanol–water partition coefficient (Wildman–Crippen LogP) is 7.58. The molecule has 0 unspecified atom stereocenters. The molecule has 6 atom stereocenters. The van der Waals surface area contributed by atoms with Gasteiger partial charge in [-0.3, -0.25) is 9.59 Å². The summed E-state index contributed by atoms with van der Waals surface area (Å²) in [5.41, 5.74) is 6.21. The van der Waals surface area contributed by atoms with Crippen LogP contribution in [0.3, 0.4) is 0 Å². The van der Waals surface area contributed by atoms with Crippen molar-refractivity contribution < 1.29 is 28.7 Å². The highest BCUT2D eigenvalue weighted by atomic mass is 16.5. The predicted molar refractivity (Wildman–Crippen MR) is 222 cm³/mol. The molecule has 4 N–H and O–H groups in total. The number of methoxy groups -OCH3 is 2. The van der Waals surface area contributed by atoms with Crippen LogP contribution in [-0.2, 0) is 19.1 Å². The van der Waals surface area contributed by atoms with Gasteiger partial charge in [-0.1, -0.05) is 71.9 Å². The van der Waals surface area contributed by atoms with Crippen molar-refractivity contribution in [3.05, 3.63) is 71.4 Å². The maximum absolute atomic E-state index is 13.9. The number of benzene rings is 2. The van der Waals surface area contributed by atoms with Crippen molar-refractivity contribution in [2.45, 2.75) is 110 Å². The number of imidazole rings is 2. The molecule has 2 aromatic heterocycles. The van der Waals surface area contributed by atoms with Gasteiger partial charge in [-0.25, -0.2) is 19.6 Å². The lowest BCUT2D eigenvalue weighted by atomic mass is 10.0. The van der Waals surface area contributed by atoms with Crippen LogP contribution >= 0.6 is 0 Å². The van der Waals surface area contributed by atoms with Gasteiger partial charge in [0.1, 0.15) is 23.7 Å². The molecular formula is C44H60N8O6. The minimum absolute atomic E-state index is 0.100. The number of amides is 4. The number of rotatable bonds is 15. The van der Waals surface area contributed by atoms with E-state index >= 15 is 0 Å². The Morgan fingerprint density at radius 1 is 0.862 bits per heavy atom. The first-order valence-electron chi connectivity index (χ1n) is 20.6. The normalized spacial score (nSPS) is 19.3. The number of aromatic amines is 2. The number of nitrogens with zero attached hydrogens (tertiary/aromatic N) is 4. The average molecular weight is 797 g/mol. The number of nitrogens with one attached hydrogen (secondary N) is 4. The Labute approximate surface area is 341 Å². The van der Waals surface area contributed by atoms with E-state index < -0.39 is 24.3 Å². The van der Waals surface area contributed by atoms with E-state index in [9.17, 15) is 19.2 Å². The number of alkyl carbamates (subject to hydrolysis) is 2. The standard InChI is InChI=1S/C44H60N8O6/c1-24(2)18-20-51(41(53)37(25(3)4)49-43(55)57-8)27(7)39-46-33-17-16-30(21-34(33)47-39)32-22-31(32)28-12-14-29(15-13-28)35-23-45-40(48-35)36-11-10-19-52(36)42(54)38(26(5)6)50-44(56)58-9/h12-17,21,23-27,31-32,36-38H,10-11,18-20,22H2,1-9H3,(H,45,48)(H,46,47)(H,49,55)(H,50,56)/t27-,31+,32+,36-,37-,38-/m0/s1. The minimum Gasteiger partial charge on any atom is -0.453 e. The van der Waals surface area contributed by atoms with Crippen LogP contribution in [0.15, 0.2) is 48.7 Å². The molecule has 58 heavy (non-hydrogen) atoms. The summed E-state index contributed by atoms with van der Waals surface area (Å²) in [6.07, 6.45) is 4.09. The van der Waals surface area contributed by atoms with Crippen LogP contribution < -0.4 is 10.6 Å². The van der Waals surface area contributed by atoms with Gasteiger partial charge in [0.15, 0.2) is 0 Å². The smallest absolute Gasteiger partial charge is 0.407 e. The van der Waals surface area contributed by atoms with Crippen molar-refractivity contribution in [3.63, 3.8) is 0 Å². The lowest BCUT2D eigenvalue weighted by Gasteiger charge is -2.33. The van der Waals surface area contributed by atoms with Gasteiger partial charge in [-0.05, 0) is 91.0 Å². The van der Waals surface area contributed by atoms with E-state index in [-0.39, 0.29) is 35.7 Å². The third-order valence-corrected chi connectivity index (χ3v) is 11.7. The fourth-order valence-electron chi connectivity index (χ4n) is 8.08. The molecule has 6 rings (SSSR count). The van der Waals surface area contributed by atoms with Gasteiger partial charge < -0.3 is 39.9 Å². The Bertz CT molecular complexity index is 2070. The Morgan fingerprint density at radius 3 is 2.14 bits per heavy atom. The molecule has 1 aliphatic heterocycles. The molecule has 2 aromatic carbocycles. The van der Waals surface area contributed by atoms with Crippen molar-refractivity contribution in [1.82, 2.24) is 40.4 Å². The molecule has 0 bridgehead atoms. The van der Waals surface area contributed by atoms with Crippen molar-refractivity contribution in [3.8, 4) is 11.3 Å². The van der Waals surface area contributed by atoms with E-state index in [0.29, 0.717) is 36.7 Å². The second-order valence-corrected chi connectivity index (χ2v) is 16.9. The molecule has 0 spiro atoms. The van der Waals surface area contributed by atoms with Gasteiger partial charge in [0.05, 0.1) is 49.2 Å². The topological polar surface area (TPSA) is 175 Å². The number of ether oxygens (including phenoxy) is 2. The van der Waals surface area contributed by atoms with Gasteiger partial charge in [0.2, 0.25) is 11.8 Å². The molecule has 312 valence electrons. The molecule has 4 amide bonds. The van der Waals surface area contributed by atoms with Crippen LogP contribution in [0, 0.1) is 17.8 Å². The fourth-order valence-corrected chi connectivity index (χ4v) is 8.08. The number of hydrogen-bond acceptors (Lipinski definition) is 8. The fraction of sp³-hybridized carbons (Fsp3) is 0.545. The van der Waals surface area contributed by atoms with Gasteiger partial charge in [0, 0.05) is 13.1 Å². The van der Waals surface area contributed by atoms with Crippen molar-refractivity contribution in [1.29, 1.82) is 0 Å². The summed E-state index contributed by atoms with van der Waals surface area (Å²) >= 11 is 0. The van der Waals surface area contributed by atoms with Crippen molar-refractivity contribution in [2.75, 3.05) is 27.3 Å². The maximum Gasteiger partial charge on any atom is 0.407 e. The summed E-state index contributed by atoms with van der Waals surface area (Å²) in [6.45, 7) is 15.0. The molecule has 4 aromatic rings. The van der Waals surface area contributed by atoms with E-state index in [0.717, 1.165) is 53.8 Å². The summed E-state index contributed by atoms with van der Waals surface area (Å²) in [5.74, 6) is 2.10. The molecule has 2 aliphatic rings. The van der Waals surface area contributed by atoms with Crippen LogP contribution in [0.1, 0.15) is 121 Å². The van der Waals surface area contributed by atoms with Gasteiger partial charge in [0.25, 0.3) is 0 Å². The van der Waals surface area contributed by atoms with Crippen molar-refractivity contribution >= 4 is 35.0 Å². The molecule has 14 nitrogen and oxygen atoms in total. The third-order valence-electron chi connectivity index (χ3n) is 11.7. The molecule has 1 saturated carbocycles. The second-order valence-electron chi connectivity index (χ2n) is 16.9. The zero-order valence-electron chi connectivity index (χ0n) is 35.3. The Morgan fingerprint density at radius 2 is 1.50 bits per heavy atom. The first-order valence-corrected chi connectivity index (χ1v) is 20.6. The Kier molecular flexibility index (Phi) is 13.1. The number of carbonyl (C=O) groups is 4. The largest absolute Gasteiger partial charge is 0.453 e. The van der Waals surface area contributed by atoms with Gasteiger partial charge >= 0.3 is 12.2 Å². The molecule has 1 aliphatic carbocycles. The highest BCUT2D eigenvalue weighted by Gasteiger charge is 2.40. The summed E-state index contributed by atoms with van der Waals surface area (Å²) in [4.78, 5) is 71.9. The van der Waals surface area contributed by atoms with Crippen LogP contribution in [0.4, 0.5) is 9.59 Å². The van der Waals surface area contributed by atoms with Crippen LogP contribution in [0.5, 0.6) is 0 Å². The average Bonchev–Trinajstić information content (AvgIpc) is 3.51. The number of hydrogen-bond donors (Lipinski definition) is 4. The summed E-state index contributed by atoms with van der Waals surface area (Å²) in [7, 11) is 2.59. The second kappa shape index (κ2) is 18.0. The zero-order chi connectivity index (χ0) is 41.8. The Balaban J connectivity index is 1.12. The van der Waals surface area contributed by atoms with E-state index in [1.807, 2.05) is 50.6 Å². The summed E-state index contributed by atoms with van der Waals surface area (Å²) in [6, 6.07) is 13.1. The maximum atomic E-state index is 13.9.